The molecule has 106 valence electrons. The highest BCUT2D eigenvalue weighted by Crippen LogP contribution is 2.28. The van der Waals surface area contributed by atoms with Gasteiger partial charge in [0.15, 0.2) is 0 Å². The van der Waals surface area contributed by atoms with Crippen LogP contribution in [0.3, 0.4) is 0 Å². The van der Waals surface area contributed by atoms with Gasteiger partial charge in [0.25, 0.3) is 0 Å². The topological polar surface area (TPSA) is 35.8 Å². The van der Waals surface area contributed by atoms with Crippen LogP contribution in [0.2, 0.25) is 5.02 Å². The summed E-state index contributed by atoms with van der Waals surface area (Å²) in [6.45, 7) is 0.746. The van der Waals surface area contributed by atoms with Gasteiger partial charge in [0.1, 0.15) is 5.82 Å². The zero-order valence-corrected chi connectivity index (χ0v) is 12.1. The molecule has 1 saturated carbocycles. The van der Waals surface area contributed by atoms with Crippen molar-refractivity contribution in [1.82, 2.24) is 5.32 Å². The summed E-state index contributed by atoms with van der Waals surface area (Å²) >= 11 is 6.30. The number of benzene rings is 2. The maximum atomic E-state index is 13.5. The number of hydrogen-bond acceptors (Lipinski definition) is 2. The molecular weight excluding hydrogens is 287 g/mol. The zero-order chi connectivity index (χ0) is 14.8. The number of hydrogen-bond donors (Lipinski definition) is 1. The Balaban J connectivity index is 1.87. The monoisotopic (exact) mass is 300 g/mol. The van der Waals surface area contributed by atoms with Crippen LogP contribution >= 0.6 is 11.6 Å². The van der Waals surface area contributed by atoms with E-state index in [1.165, 1.54) is 25.0 Å². The average Bonchev–Trinajstić information content (AvgIpc) is 3.29. The first-order chi connectivity index (χ1) is 10.2. The van der Waals surface area contributed by atoms with Gasteiger partial charge in [0, 0.05) is 17.6 Å². The van der Waals surface area contributed by atoms with Crippen molar-refractivity contribution in [2.75, 3.05) is 0 Å². The highest BCUT2D eigenvalue weighted by atomic mass is 35.5. The number of halogens is 2. The van der Waals surface area contributed by atoms with E-state index in [9.17, 15) is 4.39 Å². The Morgan fingerprint density at radius 1 is 1.19 bits per heavy atom. The molecule has 0 amide bonds. The molecule has 1 N–H and O–H groups in total. The van der Waals surface area contributed by atoms with E-state index in [4.69, 9.17) is 16.9 Å². The molecular formula is C17H14ClFN2. The Labute approximate surface area is 128 Å². The summed E-state index contributed by atoms with van der Waals surface area (Å²) in [6.07, 6.45) is 2.46. The van der Waals surface area contributed by atoms with Crippen molar-refractivity contribution in [2.45, 2.75) is 25.4 Å². The van der Waals surface area contributed by atoms with Gasteiger partial charge in [-0.2, -0.15) is 5.26 Å². The molecule has 0 atom stereocenters. The molecule has 2 aromatic carbocycles. The summed E-state index contributed by atoms with van der Waals surface area (Å²) in [4.78, 5) is 0. The summed E-state index contributed by atoms with van der Waals surface area (Å²) in [5.74, 6) is -0.417. The van der Waals surface area contributed by atoms with Crippen LogP contribution in [-0.4, -0.2) is 6.04 Å². The van der Waals surface area contributed by atoms with Crippen molar-refractivity contribution in [3.63, 3.8) is 0 Å². The van der Waals surface area contributed by atoms with Gasteiger partial charge in [0.05, 0.1) is 11.6 Å². The quantitative estimate of drug-likeness (QED) is 0.915. The van der Waals surface area contributed by atoms with Gasteiger partial charge in [-0.05, 0) is 53.8 Å². The van der Waals surface area contributed by atoms with Crippen LogP contribution in [0.5, 0.6) is 0 Å². The van der Waals surface area contributed by atoms with E-state index < -0.39 is 5.82 Å². The second-order valence-electron chi connectivity index (χ2n) is 5.30. The Morgan fingerprint density at radius 3 is 2.67 bits per heavy atom. The predicted octanol–water partition coefficient (Wildman–Crippen LogP) is 4.27. The molecule has 1 aliphatic carbocycles. The lowest BCUT2D eigenvalue weighted by molar-refractivity contribution is 0.628. The number of nitrogens with zero attached hydrogens (tertiary/aromatic N) is 1. The van der Waals surface area contributed by atoms with Gasteiger partial charge in [-0.25, -0.2) is 4.39 Å². The van der Waals surface area contributed by atoms with Crippen LogP contribution in [0, 0.1) is 17.1 Å². The number of nitrogens with one attached hydrogen (secondary N) is 1. The minimum absolute atomic E-state index is 0.306. The van der Waals surface area contributed by atoms with E-state index in [1.807, 2.05) is 24.3 Å². The highest BCUT2D eigenvalue weighted by Gasteiger charge is 2.20. The first-order valence-corrected chi connectivity index (χ1v) is 7.26. The van der Waals surface area contributed by atoms with Crippen LogP contribution in [0.25, 0.3) is 11.1 Å². The lowest BCUT2D eigenvalue weighted by Crippen LogP contribution is -2.15. The molecule has 0 aliphatic heterocycles. The van der Waals surface area contributed by atoms with E-state index in [0.717, 1.165) is 17.7 Å². The molecule has 0 spiro atoms. The van der Waals surface area contributed by atoms with Crippen LogP contribution in [0.15, 0.2) is 36.4 Å². The number of nitriles is 1. The van der Waals surface area contributed by atoms with E-state index in [2.05, 4.69) is 5.32 Å². The third-order valence-corrected chi connectivity index (χ3v) is 3.92. The van der Waals surface area contributed by atoms with E-state index in [-0.39, 0.29) is 0 Å². The van der Waals surface area contributed by atoms with Gasteiger partial charge in [0.2, 0.25) is 0 Å². The SMILES string of the molecule is N#Cc1cc(F)cc(-c2ccc(CNC3CC3)c(Cl)c2)c1. The summed E-state index contributed by atoms with van der Waals surface area (Å²) in [5.41, 5.74) is 2.81. The molecule has 0 aromatic heterocycles. The summed E-state index contributed by atoms with van der Waals surface area (Å²) in [7, 11) is 0. The highest BCUT2D eigenvalue weighted by molar-refractivity contribution is 6.31. The molecule has 0 heterocycles. The maximum absolute atomic E-state index is 13.5. The Bertz CT molecular complexity index is 717. The standard InChI is InChI=1S/C17H14ClFN2/c18-17-8-12(1-2-13(17)10-21-16-3-4-16)14-5-11(9-20)6-15(19)7-14/h1-2,5-8,16,21H,3-4,10H2. The molecule has 4 heteroatoms. The van der Waals surface area contributed by atoms with Gasteiger partial charge >= 0.3 is 0 Å². The second-order valence-corrected chi connectivity index (χ2v) is 5.71. The Hall–Kier alpha value is -1.89. The molecule has 21 heavy (non-hydrogen) atoms. The van der Waals surface area contributed by atoms with Crippen LogP contribution in [0.1, 0.15) is 24.0 Å². The lowest BCUT2D eigenvalue weighted by atomic mass is 10.0. The first-order valence-electron chi connectivity index (χ1n) is 6.88. The summed E-state index contributed by atoms with van der Waals surface area (Å²) < 4.78 is 13.5. The van der Waals surface area contributed by atoms with Crippen molar-refractivity contribution in [1.29, 1.82) is 5.26 Å². The fraction of sp³-hybridized carbons (Fsp3) is 0.235. The normalized spacial score (nSPS) is 14.0. The van der Waals surface area contributed by atoms with Crippen LogP contribution in [0.4, 0.5) is 4.39 Å². The zero-order valence-electron chi connectivity index (χ0n) is 11.4. The molecule has 2 aromatic rings. The predicted molar refractivity (Wildman–Crippen MR) is 81.4 cm³/mol. The molecule has 3 rings (SSSR count). The molecule has 0 saturated heterocycles. The second kappa shape index (κ2) is 5.85. The molecule has 0 radical (unpaired) electrons. The van der Waals surface area contributed by atoms with Crippen LogP contribution < -0.4 is 5.32 Å². The van der Waals surface area contributed by atoms with E-state index in [0.29, 0.717) is 22.2 Å². The molecule has 2 nitrogen and oxygen atoms in total. The maximum Gasteiger partial charge on any atom is 0.125 e. The molecule has 0 unspecified atom stereocenters. The minimum Gasteiger partial charge on any atom is -0.310 e. The lowest BCUT2D eigenvalue weighted by Gasteiger charge is -2.09. The molecule has 1 aliphatic rings. The summed E-state index contributed by atoms with van der Waals surface area (Å²) in [5, 5.41) is 13.0. The Morgan fingerprint density at radius 2 is 2.00 bits per heavy atom. The third-order valence-electron chi connectivity index (χ3n) is 3.57. The molecule has 0 bridgehead atoms. The van der Waals surface area contributed by atoms with Crippen molar-refractivity contribution in [3.8, 4) is 17.2 Å². The fourth-order valence-electron chi connectivity index (χ4n) is 2.23. The first kappa shape index (κ1) is 14.1. The molecule has 1 fully saturated rings. The van der Waals surface area contributed by atoms with Gasteiger partial charge in [-0.15, -0.1) is 0 Å². The third kappa shape index (κ3) is 3.41. The van der Waals surface area contributed by atoms with E-state index in [1.54, 1.807) is 6.07 Å². The Kier molecular flexibility index (Phi) is 3.92. The smallest absolute Gasteiger partial charge is 0.125 e. The van der Waals surface area contributed by atoms with Crippen LogP contribution in [-0.2, 0) is 6.54 Å². The largest absolute Gasteiger partial charge is 0.310 e. The van der Waals surface area contributed by atoms with E-state index >= 15 is 0 Å². The van der Waals surface area contributed by atoms with Crippen molar-refractivity contribution < 1.29 is 4.39 Å². The number of rotatable bonds is 4. The average molecular weight is 301 g/mol. The van der Waals surface area contributed by atoms with Gasteiger partial charge in [-0.1, -0.05) is 23.7 Å². The fourth-order valence-corrected chi connectivity index (χ4v) is 2.48. The minimum atomic E-state index is -0.417. The van der Waals surface area contributed by atoms with Gasteiger partial charge < -0.3 is 5.32 Å². The van der Waals surface area contributed by atoms with Crippen molar-refractivity contribution in [3.05, 3.63) is 58.4 Å². The summed E-state index contributed by atoms with van der Waals surface area (Å²) in [6, 6.07) is 12.6. The van der Waals surface area contributed by atoms with Crippen molar-refractivity contribution in [2.24, 2.45) is 0 Å². The van der Waals surface area contributed by atoms with Gasteiger partial charge in [-0.3, -0.25) is 0 Å². The van der Waals surface area contributed by atoms with Crippen molar-refractivity contribution >= 4 is 11.6 Å².